The average Bonchev–Trinajstić information content (AvgIpc) is 2.47. The molecule has 0 spiro atoms. The van der Waals surface area contributed by atoms with Crippen LogP contribution in [0.15, 0.2) is 53.4 Å². The standard InChI is InChI=1S/C15H15NO4S/c1-16(2)21(19,20)14-6-4-3-5-13(14)11-7-9-12(10-8-11)15(17)18/h3-10H,1-2H3,(H,17,18). The highest BCUT2D eigenvalue weighted by Crippen LogP contribution is 2.28. The minimum atomic E-state index is -3.57. The van der Waals surface area contributed by atoms with Gasteiger partial charge in [-0.1, -0.05) is 30.3 Å². The lowest BCUT2D eigenvalue weighted by molar-refractivity contribution is 0.0697. The number of carboxylic acids is 1. The Labute approximate surface area is 123 Å². The lowest BCUT2D eigenvalue weighted by atomic mass is 10.0. The molecule has 0 saturated heterocycles. The topological polar surface area (TPSA) is 74.7 Å². The van der Waals surface area contributed by atoms with Crippen LogP contribution in [0.25, 0.3) is 11.1 Å². The smallest absolute Gasteiger partial charge is 0.335 e. The Kier molecular flexibility index (Phi) is 4.11. The summed E-state index contributed by atoms with van der Waals surface area (Å²) in [6.45, 7) is 0. The molecule has 0 aromatic heterocycles. The van der Waals surface area contributed by atoms with Crippen molar-refractivity contribution in [3.63, 3.8) is 0 Å². The lowest BCUT2D eigenvalue weighted by Gasteiger charge is -2.15. The van der Waals surface area contributed by atoms with Gasteiger partial charge in [0.15, 0.2) is 0 Å². The number of benzene rings is 2. The fraction of sp³-hybridized carbons (Fsp3) is 0.133. The zero-order chi connectivity index (χ0) is 15.6. The number of hydrogen-bond donors (Lipinski definition) is 1. The molecule has 0 atom stereocenters. The normalized spacial score (nSPS) is 11.6. The molecule has 2 aromatic carbocycles. The number of carboxylic acid groups (broad SMARTS) is 1. The molecule has 1 N–H and O–H groups in total. The fourth-order valence-corrected chi connectivity index (χ4v) is 3.03. The molecule has 0 unspecified atom stereocenters. The van der Waals surface area contributed by atoms with Gasteiger partial charge >= 0.3 is 5.97 Å². The number of carbonyl (C=O) groups is 1. The lowest BCUT2D eigenvalue weighted by Crippen LogP contribution is -2.22. The minimum absolute atomic E-state index is 0.159. The Morgan fingerprint density at radius 2 is 1.57 bits per heavy atom. The molecule has 110 valence electrons. The second kappa shape index (κ2) is 5.67. The zero-order valence-electron chi connectivity index (χ0n) is 11.6. The van der Waals surface area contributed by atoms with Crippen molar-refractivity contribution >= 4 is 16.0 Å². The van der Waals surface area contributed by atoms with Gasteiger partial charge in [-0.25, -0.2) is 17.5 Å². The van der Waals surface area contributed by atoms with Crippen LogP contribution in [0.2, 0.25) is 0 Å². The van der Waals surface area contributed by atoms with Crippen molar-refractivity contribution in [3.05, 3.63) is 54.1 Å². The summed E-state index contributed by atoms with van der Waals surface area (Å²) in [5.74, 6) is -1.02. The molecule has 6 heteroatoms. The van der Waals surface area contributed by atoms with Crippen molar-refractivity contribution in [2.45, 2.75) is 4.90 Å². The van der Waals surface area contributed by atoms with Gasteiger partial charge in [-0.2, -0.15) is 0 Å². The van der Waals surface area contributed by atoms with Crippen LogP contribution in [-0.4, -0.2) is 37.9 Å². The molecular weight excluding hydrogens is 290 g/mol. The van der Waals surface area contributed by atoms with Crippen molar-refractivity contribution in [2.24, 2.45) is 0 Å². The van der Waals surface area contributed by atoms with Gasteiger partial charge in [-0.05, 0) is 23.8 Å². The van der Waals surface area contributed by atoms with Crippen molar-refractivity contribution in [3.8, 4) is 11.1 Å². The number of rotatable bonds is 4. The van der Waals surface area contributed by atoms with Crippen LogP contribution in [0.4, 0.5) is 0 Å². The van der Waals surface area contributed by atoms with Crippen LogP contribution >= 0.6 is 0 Å². The van der Waals surface area contributed by atoms with Crippen molar-refractivity contribution in [1.82, 2.24) is 4.31 Å². The Morgan fingerprint density at radius 1 is 1.00 bits per heavy atom. The van der Waals surface area contributed by atoms with Crippen LogP contribution in [-0.2, 0) is 10.0 Å². The van der Waals surface area contributed by atoms with E-state index in [9.17, 15) is 13.2 Å². The van der Waals surface area contributed by atoms with E-state index in [4.69, 9.17) is 5.11 Å². The molecule has 0 aliphatic heterocycles. The van der Waals surface area contributed by atoms with E-state index >= 15 is 0 Å². The molecule has 0 amide bonds. The summed E-state index contributed by atoms with van der Waals surface area (Å²) in [6.07, 6.45) is 0. The molecule has 0 saturated carbocycles. The van der Waals surface area contributed by atoms with Crippen LogP contribution in [0.5, 0.6) is 0 Å². The number of hydrogen-bond acceptors (Lipinski definition) is 3. The molecule has 21 heavy (non-hydrogen) atoms. The first-order valence-corrected chi connectivity index (χ1v) is 7.63. The molecule has 0 fully saturated rings. The summed E-state index contributed by atoms with van der Waals surface area (Å²) in [4.78, 5) is 11.1. The van der Waals surface area contributed by atoms with E-state index in [2.05, 4.69) is 0 Å². The minimum Gasteiger partial charge on any atom is -0.478 e. The van der Waals surface area contributed by atoms with Crippen LogP contribution in [0.3, 0.4) is 0 Å². The summed E-state index contributed by atoms with van der Waals surface area (Å²) < 4.78 is 25.8. The van der Waals surface area contributed by atoms with E-state index in [1.165, 1.54) is 32.3 Å². The maximum absolute atomic E-state index is 12.3. The van der Waals surface area contributed by atoms with E-state index in [1.807, 2.05) is 0 Å². The van der Waals surface area contributed by atoms with Gasteiger partial charge in [-0.15, -0.1) is 0 Å². The number of aromatic carboxylic acids is 1. The van der Waals surface area contributed by atoms with Gasteiger partial charge in [-0.3, -0.25) is 0 Å². The highest BCUT2D eigenvalue weighted by atomic mass is 32.2. The Morgan fingerprint density at radius 3 is 2.10 bits per heavy atom. The van der Waals surface area contributed by atoms with Gasteiger partial charge in [0.05, 0.1) is 10.5 Å². The Bertz CT molecular complexity index is 765. The largest absolute Gasteiger partial charge is 0.478 e. The van der Waals surface area contributed by atoms with Crippen molar-refractivity contribution in [2.75, 3.05) is 14.1 Å². The first-order chi connectivity index (χ1) is 9.84. The van der Waals surface area contributed by atoms with E-state index < -0.39 is 16.0 Å². The molecule has 2 rings (SSSR count). The van der Waals surface area contributed by atoms with Crippen molar-refractivity contribution in [1.29, 1.82) is 0 Å². The summed E-state index contributed by atoms with van der Waals surface area (Å²) in [5.41, 5.74) is 1.36. The maximum atomic E-state index is 12.3. The van der Waals surface area contributed by atoms with E-state index in [0.717, 1.165) is 4.31 Å². The van der Waals surface area contributed by atoms with Gasteiger partial charge in [0, 0.05) is 19.7 Å². The SMILES string of the molecule is CN(C)S(=O)(=O)c1ccccc1-c1ccc(C(=O)O)cc1. The van der Waals surface area contributed by atoms with Gasteiger partial charge < -0.3 is 5.11 Å². The van der Waals surface area contributed by atoms with Gasteiger partial charge in [0.25, 0.3) is 0 Å². The van der Waals surface area contributed by atoms with Crippen LogP contribution in [0, 0.1) is 0 Å². The second-order valence-corrected chi connectivity index (χ2v) is 6.79. The molecule has 0 bridgehead atoms. The average molecular weight is 305 g/mol. The van der Waals surface area contributed by atoms with E-state index in [0.29, 0.717) is 11.1 Å². The zero-order valence-corrected chi connectivity index (χ0v) is 12.5. The Balaban J connectivity index is 2.58. The monoisotopic (exact) mass is 305 g/mol. The van der Waals surface area contributed by atoms with Crippen molar-refractivity contribution < 1.29 is 18.3 Å². The highest BCUT2D eigenvalue weighted by Gasteiger charge is 2.21. The van der Waals surface area contributed by atoms with Crippen LogP contribution < -0.4 is 0 Å². The maximum Gasteiger partial charge on any atom is 0.335 e. The van der Waals surface area contributed by atoms with Crippen LogP contribution in [0.1, 0.15) is 10.4 Å². The van der Waals surface area contributed by atoms with Gasteiger partial charge in [0.2, 0.25) is 10.0 Å². The molecule has 2 aromatic rings. The van der Waals surface area contributed by atoms with Gasteiger partial charge in [0.1, 0.15) is 0 Å². The quantitative estimate of drug-likeness (QED) is 0.940. The van der Waals surface area contributed by atoms with E-state index in [-0.39, 0.29) is 10.5 Å². The molecule has 0 heterocycles. The third-order valence-electron chi connectivity index (χ3n) is 3.09. The third-order valence-corrected chi connectivity index (χ3v) is 4.96. The fourth-order valence-electron chi connectivity index (χ4n) is 1.92. The predicted octanol–water partition coefficient (Wildman–Crippen LogP) is 2.30. The summed E-state index contributed by atoms with van der Waals surface area (Å²) >= 11 is 0. The Hall–Kier alpha value is -2.18. The number of sulfonamides is 1. The summed E-state index contributed by atoms with van der Waals surface area (Å²) in [5, 5.41) is 8.90. The highest BCUT2D eigenvalue weighted by molar-refractivity contribution is 7.89. The molecule has 0 aliphatic carbocycles. The summed E-state index contributed by atoms with van der Waals surface area (Å²) in [7, 11) is -0.621. The first kappa shape index (κ1) is 15.2. The first-order valence-electron chi connectivity index (χ1n) is 6.19. The molecule has 0 aliphatic rings. The number of nitrogens with zero attached hydrogens (tertiary/aromatic N) is 1. The second-order valence-electron chi connectivity index (χ2n) is 4.67. The third kappa shape index (κ3) is 2.96. The molecular formula is C15H15NO4S. The molecule has 5 nitrogen and oxygen atoms in total. The molecule has 0 radical (unpaired) electrons. The van der Waals surface area contributed by atoms with E-state index in [1.54, 1.807) is 30.3 Å². The summed E-state index contributed by atoms with van der Waals surface area (Å²) in [6, 6.07) is 12.8. The predicted molar refractivity (Wildman–Crippen MR) is 79.7 cm³/mol.